The number of aromatic nitrogens is 1. The summed E-state index contributed by atoms with van der Waals surface area (Å²) in [6.45, 7) is 0. The molecular weight excluding hydrogens is 234 g/mol. The van der Waals surface area contributed by atoms with E-state index in [4.69, 9.17) is 0 Å². The van der Waals surface area contributed by atoms with Gasteiger partial charge >= 0.3 is 11.9 Å². The number of fused-ring (bicyclic) bond motifs is 1. The monoisotopic (exact) mass is 247 g/mol. The average Bonchev–Trinajstić information content (AvgIpc) is 2.80. The summed E-state index contributed by atoms with van der Waals surface area (Å²) in [4.78, 5) is 25.8. The highest BCUT2D eigenvalue weighted by molar-refractivity contribution is 5.96. The van der Waals surface area contributed by atoms with E-state index in [2.05, 4.69) is 14.5 Å². The normalized spacial score (nSPS) is 10.3. The molecule has 1 aromatic heterocycles. The van der Waals surface area contributed by atoms with Crippen LogP contribution >= 0.6 is 0 Å². The van der Waals surface area contributed by atoms with E-state index in [1.54, 1.807) is 24.4 Å². The summed E-state index contributed by atoms with van der Waals surface area (Å²) >= 11 is 0. The highest BCUT2D eigenvalue weighted by Gasteiger charge is 2.12. The first-order chi connectivity index (χ1) is 8.65. The van der Waals surface area contributed by atoms with Crippen molar-refractivity contribution < 1.29 is 19.1 Å². The Morgan fingerprint density at radius 2 is 2.00 bits per heavy atom. The number of methoxy groups -OCH3 is 2. The summed E-state index contributed by atoms with van der Waals surface area (Å²) < 4.78 is 9.29. The minimum Gasteiger partial charge on any atom is -0.469 e. The number of ether oxygens (including phenoxy) is 2. The van der Waals surface area contributed by atoms with E-state index in [1.807, 2.05) is 0 Å². The summed E-state index contributed by atoms with van der Waals surface area (Å²) in [7, 11) is 2.68. The predicted octanol–water partition coefficient (Wildman–Crippen LogP) is 1.67. The van der Waals surface area contributed by atoms with Crippen LogP contribution in [-0.2, 0) is 20.7 Å². The van der Waals surface area contributed by atoms with Crippen molar-refractivity contribution in [1.29, 1.82) is 0 Å². The van der Waals surface area contributed by atoms with Gasteiger partial charge < -0.3 is 14.5 Å². The number of benzene rings is 1. The maximum atomic E-state index is 11.4. The predicted molar refractivity (Wildman–Crippen MR) is 65.4 cm³/mol. The van der Waals surface area contributed by atoms with Gasteiger partial charge in [-0.2, -0.15) is 0 Å². The van der Waals surface area contributed by atoms with E-state index >= 15 is 0 Å². The number of nitrogens with one attached hydrogen (secondary N) is 1. The Morgan fingerprint density at radius 3 is 2.67 bits per heavy atom. The minimum atomic E-state index is -0.401. The molecule has 0 saturated heterocycles. The molecule has 0 unspecified atom stereocenters. The molecule has 1 aromatic carbocycles. The zero-order valence-electron chi connectivity index (χ0n) is 10.1. The van der Waals surface area contributed by atoms with Gasteiger partial charge in [0.1, 0.15) is 0 Å². The van der Waals surface area contributed by atoms with Crippen molar-refractivity contribution in [2.45, 2.75) is 6.42 Å². The quantitative estimate of drug-likeness (QED) is 0.838. The highest BCUT2D eigenvalue weighted by atomic mass is 16.5. The first kappa shape index (κ1) is 12.2. The van der Waals surface area contributed by atoms with E-state index in [-0.39, 0.29) is 12.4 Å². The van der Waals surface area contributed by atoms with Crippen LogP contribution in [0.15, 0.2) is 24.4 Å². The van der Waals surface area contributed by atoms with Crippen molar-refractivity contribution in [2.75, 3.05) is 14.2 Å². The Balaban J connectivity index is 2.43. The van der Waals surface area contributed by atoms with E-state index in [9.17, 15) is 9.59 Å². The molecule has 2 aromatic rings. The Bertz CT molecular complexity index is 600. The van der Waals surface area contributed by atoms with E-state index < -0.39 is 5.97 Å². The Morgan fingerprint density at radius 1 is 1.22 bits per heavy atom. The van der Waals surface area contributed by atoms with Crippen molar-refractivity contribution in [1.82, 2.24) is 4.98 Å². The fourth-order valence-corrected chi connectivity index (χ4v) is 1.80. The van der Waals surface area contributed by atoms with Crippen LogP contribution in [0.3, 0.4) is 0 Å². The van der Waals surface area contributed by atoms with E-state index in [0.717, 1.165) is 16.5 Å². The van der Waals surface area contributed by atoms with Crippen molar-refractivity contribution in [3.05, 3.63) is 35.5 Å². The number of hydrogen-bond acceptors (Lipinski definition) is 4. The fourth-order valence-electron chi connectivity index (χ4n) is 1.80. The number of carbonyl (C=O) groups excluding carboxylic acids is 2. The molecule has 0 radical (unpaired) electrons. The number of H-pyrrole nitrogens is 1. The van der Waals surface area contributed by atoms with Crippen LogP contribution in [0.5, 0.6) is 0 Å². The largest absolute Gasteiger partial charge is 0.469 e. The number of aromatic amines is 1. The summed E-state index contributed by atoms with van der Waals surface area (Å²) in [5, 5.41) is 0.822. The van der Waals surface area contributed by atoms with Gasteiger partial charge in [0.05, 0.1) is 26.2 Å². The molecule has 0 fully saturated rings. The lowest BCUT2D eigenvalue weighted by atomic mass is 10.1. The summed E-state index contributed by atoms with van der Waals surface area (Å²) in [5.74, 6) is -0.721. The first-order valence-corrected chi connectivity index (χ1v) is 5.41. The van der Waals surface area contributed by atoms with Crippen LogP contribution < -0.4 is 0 Å². The van der Waals surface area contributed by atoms with Crippen molar-refractivity contribution in [3.63, 3.8) is 0 Å². The first-order valence-electron chi connectivity index (χ1n) is 5.41. The van der Waals surface area contributed by atoms with Crippen LogP contribution in [0, 0.1) is 0 Å². The second-order valence-electron chi connectivity index (χ2n) is 3.82. The second-order valence-corrected chi connectivity index (χ2v) is 3.82. The number of carbonyl (C=O) groups is 2. The van der Waals surface area contributed by atoms with Crippen molar-refractivity contribution in [3.8, 4) is 0 Å². The Labute approximate surface area is 104 Å². The molecule has 0 spiro atoms. The van der Waals surface area contributed by atoms with Crippen molar-refractivity contribution >= 4 is 22.8 Å². The summed E-state index contributed by atoms with van der Waals surface area (Å²) in [5.41, 5.74) is 2.11. The fraction of sp³-hybridized carbons (Fsp3) is 0.231. The van der Waals surface area contributed by atoms with Gasteiger partial charge in [0.2, 0.25) is 0 Å². The summed E-state index contributed by atoms with van der Waals surface area (Å²) in [6.07, 6.45) is 1.91. The van der Waals surface area contributed by atoms with Gasteiger partial charge in [0.25, 0.3) is 0 Å². The zero-order valence-corrected chi connectivity index (χ0v) is 10.1. The molecular formula is C13H13NO4. The molecule has 0 saturated carbocycles. The SMILES string of the molecule is COC(=O)Cc1c[nH]c2ccc(C(=O)OC)cc12. The molecule has 5 heteroatoms. The lowest BCUT2D eigenvalue weighted by molar-refractivity contribution is -0.139. The van der Waals surface area contributed by atoms with Gasteiger partial charge in [-0.05, 0) is 23.8 Å². The van der Waals surface area contributed by atoms with Gasteiger partial charge in [-0.25, -0.2) is 4.79 Å². The smallest absolute Gasteiger partial charge is 0.337 e. The van der Waals surface area contributed by atoms with Gasteiger partial charge in [-0.15, -0.1) is 0 Å². The molecule has 2 rings (SSSR count). The second kappa shape index (κ2) is 4.91. The molecule has 0 aliphatic heterocycles. The molecule has 5 nitrogen and oxygen atoms in total. The lowest BCUT2D eigenvalue weighted by Crippen LogP contribution is -2.04. The Hall–Kier alpha value is -2.30. The standard InChI is InChI=1S/C13H13NO4/c1-17-12(15)6-9-7-14-11-4-3-8(5-10(9)11)13(16)18-2/h3-5,7,14H,6H2,1-2H3. The van der Waals surface area contributed by atoms with Crippen LogP contribution in [-0.4, -0.2) is 31.1 Å². The maximum absolute atomic E-state index is 11.4. The maximum Gasteiger partial charge on any atom is 0.337 e. The number of esters is 2. The number of hydrogen-bond donors (Lipinski definition) is 1. The zero-order chi connectivity index (χ0) is 13.1. The lowest BCUT2D eigenvalue weighted by Gasteiger charge is -2.01. The average molecular weight is 247 g/mol. The molecule has 0 amide bonds. The molecule has 0 atom stereocenters. The third kappa shape index (κ3) is 2.20. The van der Waals surface area contributed by atoms with Gasteiger partial charge in [-0.3, -0.25) is 4.79 Å². The Kier molecular flexibility index (Phi) is 3.32. The highest BCUT2D eigenvalue weighted by Crippen LogP contribution is 2.21. The molecule has 18 heavy (non-hydrogen) atoms. The molecule has 94 valence electrons. The summed E-state index contributed by atoms with van der Waals surface area (Å²) in [6, 6.07) is 5.16. The minimum absolute atomic E-state index is 0.168. The van der Waals surface area contributed by atoms with Gasteiger partial charge in [-0.1, -0.05) is 0 Å². The van der Waals surface area contributed by atoms with Crippen LogP contribution in [0.4, 0.5) is 0 Å². The van der Waals surface area contributed by atoms with E-state index in [0.29, 0.717) is 5.56 Å². The third-order valence-electron chi connectivity index (χ3n) is 2.75. The number of rotatable bonds is 3. The third-order valence-corrected chi connectivity index (χ3v) is 2.75. The molecule has 0 aliphatic rings. The van der Waals surface area contributed by atoms with Gasteiger partial charge in [0, 0.05) is 17.1 Å². The van der Waals surface area contributed by atoms with Crippen molar-refractivity contribution in [2.24, 2.45) is 0 Å². The molecule has 0 aliphatic carbocycles. The van der Waals surface area contributed by atoms with Crippen LogP contribution in [0.25, 0.3) is 10.9 Å². The molecule has 1 heterocycles. The molecule has 1 N–H and O–H groups in total. The van der Waals surface area contributed by atoms with Crippen LogP contribution in [0.2, 0.25) is 0 Å². The molecule has 0 bridgehead atoms. The van der Waals surface area contributed by atoms with Crippen LogP contribution in [0.1, 0.15) is 15.9 Å². The van der Waals surface area contributed by atoms with E-state index in [1.165, 1.54) is 14.2 Å². The topological polar surface area (TPSA) is 68.4 Å². The van der Waals surface area contributed by atoms with Gasteiger partial charge in [0.15, 0.2) is 0 Å².